The van der Waals surface area contributed by atoms with Gasteiger partial charge in [-0.1, -0.05) is 13.8 Å². The molecule has 2 rings (SSSR count). The van der Waals surface area contributed by atoms with Gasteiger partial charge in [0, 0.05) is 6.04 Å². The van der Waals surface area contributed by atoms with Gasteiger partial charge >= 0.3 is 5.97 Å². The van der Waals surface area contributed by atoms with Crippen LogP contribution in [0.3, 0.4) is 0 Å². The molecule has 0 bridgehead atoms. The molecule has 0 aromatic rings. The zero-order chi connectivity index (χ0) is 11.7. The van der Waals surface area contributed by atoms with Crippen LogP contribution in [-0.2, 0) is 4.79 Å². The molecule has 2 aliphatic rings. The van der Waals surface area contributed by atoms with E-state index >= 15 is 0 Å². The second-order valence-corrected chi connectivity index (χ2v) is 5.34. The van der Waals surface area contributed by atoms with Crippen LogP contribution in [0.25, 0.3) is 0 Å². The van der Waals surface area contributed by atoms with Crippen LogP contribution in [0.5, 0.6) is 0 Å². The van der Waals surface area contributed by atoms with Gasteiger partial charge < -0.3 is 10.4 Å². The lowest BCUT2D eigenvalue weighted by molar-refractivity contribution is -0.144. The van der Waals surface area contributed by atoms with Gasteiger partial charge in [-0.2, -0.15) is 0 Å². The van der Waals surface area contributed by atoms with Crippen LogP contribution < -0.4 is 5.32 Å². The third-order valence-electron chi connectivity index (χ3n) is 4.06. The van der Waals surface area contributed by atoms with Crippen LogP contribution in [0.2, 0.25) is 0 Å². The summed E-state index contributed by atoms with van der Waals surface area (Å²) in [5.41, 5.74) is 0. The standard InChI is InChI=1S/C12H22N2O2/c1-8-6-13-7-9(2)11(8)14-5-3-4-10(14)12(15)16/h8-11,13H,3-7H2,1-2H3,(H,15,16)/t8?,9?,10-,11?/m1/s1. The third-order valence-corrected chi connectivity index (χ3v) is 4.06. The van der Waals surface area contributed by atoms with Crippen molar-refractivity contribution in [2.75, 3.05) is 19.6 Å². The minimum Gasteiger partial charge on any atom is -0.480 e. The summed E-state index contributed by atoms with van der Waals surface area (Å²) in [5.74, 6) is 0.447. The van der Waals surface area contributed by atoms with E-state index in [1.165, 1.54) is 0 Å². The quantitative estimate of drug-likeness (QED) is 0.730. The van der Waals surface area contributed by atoms with Gasteiger partial charge in [0.25, 0.3) is 0 Å². The molecule has 0 aromatic carbocycles. The van der Waals surface area contributed by atoms with Crippen molar-refractivity contribution in [3.8, 4) is 0 Å². The molecule has 2 saturated heterocycles. The van der Waals surface area contributed by atoms with E-state index in [0.717, 1.165) is 32.5 Å². The van der Waals surface area contributed by atoms with E-state index in [9.17, 15) is 9.90 Å². The van der Waals surface area contributed by atoms with Crippen molar-refractivity contribution in [1.82, 2.24) is 10.2 Å². The maximum Gasteiger partial charge on any atom is 0.320 e. The number of nitrogens with zero attached hydrogens (tertiary/aromatic N) is 1. The predicted octanol–water partition coefficient (Wildman–Crippen LogP) is 0.779. The molecule has 2 N–H and O–H groups in total. The summed E-state index contributed by atoms with van der Waals surface area (Å²) < 4.78 is 0. The Morgan fingerprint density at radius 3 is 2.50 bits per heavy atom. The number of aliphatic carboxylic acids is 1. The molecule has 0 saturated carbocycles. The Labute approximate surface area is 97.0 Å². The topological polar surface area (TPSA) is 52.6 Å². The van der Waals surface area contributed by atoms with Crippen LogP contribution in [0.15, 0.2) is 0 Å². The van der Waals surface area contributed by atoms with Gasteiger partial charge in [-0.3, -0.25) is 9.69 Å². The first-order valence-corrected chi connectivity index (χ1v) is 6.30. The molecule has 0 amide bonds. The second kappa shape index (κ2) is 4.72. The van der Waals surface area contributed by atoms with Gasteiger partial charge in [0.2, 0.25) is 0 Å². The molecule has 2 fully saturated rings. The first-order chi connectivity index (χ1) is 7.61. The number of carboxylic acids is 1. The van der Waals surface area contributed by atoms with Gasteiger partial charge in [-0.25, -0.2) is 0 Å². The minimum absolute atomic E-state index is 0.243. The van der Waals surface area contributed by atoms with Crippen molar-refractivity contribution in [1.29, 1.82) is 0 Å². The highest BCUT2D eigenvalue weighted by atomic mass is 16.4. The van der Waals surface area contributed by atoms with Crippen LogP contribution in [0.1, 0.15) is 26.7 Å². The van der Waals surface area contributed by atoms with E-state index in [4.69, 9.17) is 0 Å². The number of likely N-dealkylation sites (tertiary alicyclic amines) is 1. The molecule has 2 heterocycles. The van der Waals surface area contributed by atoms with Crippen molar-refractivity contribution < 1.29 is 9.90 Å². The highest BCUT2D eigenvalue weighted by molar-refractivity contribution is 5.73. The van der Waals surface area contributed by atoms with E-state index in [1.54, 1.807) is 0 Å². The molecule has 4 nitrogen and oxygen atoms in total. The lowest BCUT2D eigenvalue weighted by atomic mass is 9.85. The van der Waals surface area contributed by atoms with E-state index in [2.05, 4.69) is 24.1 Å². The Balaban J connectivity index is 2.12. The largest absolute Gasteiger partial charge is 0.480 e. The summed E-state index contributed by atoms with van der Waals surface area (Å²) in [6.45, 7) is 7.43. The fraction of sp³-hybridized carbons (Fsp3) is 0.917. The zero-order valence-corrected chi connectivity index (χ0v) is 10.1. The predicted molar refractivity (Wildman–Crippen MR) is 62.3 cm³/mol. The van der Waals surface area contributed by atoms with Crippen LogP contribution in [0.4, 0.5) is 0 Å². The number of nitrogens with one attached hydrogen (secondary N) is 1. The Bertz CT molecular complexity index is 260. The number of piperidine rings is 1. The molecule has 2 unspecified atom stereocenters. The smallest absolute Gasteiger partial charge is 0.320 e. The molecule has 0 radical (unpaired) electrons. The Kier molecular flexibility index (Phi) is 3.50. The maximum absolute atomic E-state index is 11.2. The number of rotatable bonds is 2. The van der Waals surface area contributed by atoms with Crippen molar-refractivity contribution in [3.63, 3.8) is 0 Å². The number of hydrogen-bond donors (Lipinski definition) is 2. The van der Waals surface area contributed by atoms with Crippen LogP contribution in [0, 0.1) is 11.8 Å². The molecular weight excluding hydrogens is 204 g/mol. The highest BCUT2D eigenvalue weighted by Crippen LogP contribution is 2.29. The minimum atomic E-state index is -0.643. The normalized spacial score (nSPS) is 41.1. The highest BCUT2D eigenvalue weighted by Gasteiger charge is 2.40. The van der Waals surface area contributed by atoms with E-state index in [-0.39, 0.29) is 6.04 Å². The molecular formula is C12H22N2O2. The SMILES string of the molecule is CC1CNCC(C)C1N1CCC[C@@H]1C(=O)O. The molecule has 0 spiro atoms. The Morgan fingerprint density at radius 2 is 1.94 bits per heavy atom. The van der Waals surface area contributed by atoms with Gasteiger partial charge in [0.05, 0.1) is 0 Å². The molecule has 16 heavy (non-hydrogen) atoms. The lowest BCUT2D eigenvalue weighted by Gasteiger charge is -2.42. The first kappa shape index (κ1) is 11.9. The summed E-state index contributed by atoms with van der Waals surface area (Å²) in [4.78, 5) is 13.4. The monoisotopic (exact) mass is 226 g/mol. The van der Waals surface area contributed by atoms with Gasteiger partial charge in [-0.05, 0) is 44.3 Å². The van der Waals surface area contributed by atoms with E-state index in [0.29, 0.717) is 17.9 Å². The average molecular weight is 226 g/mol. The van der Waals surface area contributed by atoms with Gasteiger partial charge in [-0.15, -0.1) is 0 Å². The fourth-order valence-electron chi connectivity index (χ4n) is 3.41. The Morgan fingerprint density at radius 1 is 1.31 bits per heavy atom. The average Bonchev–Trinajstić information content (AvgIpc) is 2.66. The van der Waals surface area contributed by atoms with Crippen molar-refractivity contribution in [2.24, 2.45) is 11.8 Å². The van der Waals surface area contributed by atoms with Crippen LogP contribution in [-0.4, -0.2) is 47.7 Å². The molecule has 0 aromatic heterocycles. The van der Waals surface area contributed by atoms with Gasteiger partial charge in [0.1, 0.15) is 6.04 Å². The zero-order valence-electron chi connectivity index (χ0n) is 10.1. The lowest BCUT2D eigenvalue weighted by Crippen LogP contribution is -2.56. The molecule has 4 heteroatoms. The van der Waals surface area contributed by atoms with Crippen molar-refractivity contribution >= 4 is 5.97 Å². The molecule has 3 atom stereocenters. The fourth-order valence-corrected chi connectivity index (χ4v) is 3.41. The van der Waals surface area contributed by atoms with E-state index in [1.807, 2.05) is 0 Å². The van der Waals surface area contributed by atoms with Crippen molar-refractivity contribution in [2.45, 2.75) is 38.8 Å². The summed E-state index contributed by atoms with van der Waals surface area (Å²) >= 11 is 0. The molecule has 0 aliphatic carbocycles. The molecule has 92 valence electrons. The second-order valence-electron chi connectivity index (χ2n) is 5.34. The third kappa shape index (κ3) is 2.09. The Hall–Kier alpha value is -0.610. The van der Waals surface area contributed by atoms with Gasteiger partial charge in [0.15, 0.2) is 0 Å². The van der Waals surface area contributed by atoms with E-state index < -0.39 is 5.97 Å². The first-order valence-electron chi connectivity index (χ1n) is 6.30. The maximum atomic E-state index is 11.2. The summed E-state index contributed by atoms with van der Waals surface area (Å²) in [7, 11) is 0. The van der Waals surface area contributed by atoms with Crippen molar-refractivity contribution in [3.05, 3.63) is 0 Å². The number of carboxylic acid groups (broad SMARTS) is 1. The van der Waals surface area contributed by atoms with Crippen LogP contribution >= 0.6 is 0 Å². The summed E-state index contributed by atoms with van der Waals surface area (Å²) in [6.07, 6.45) is 1.85. The molecule has 2 aliphatic heterocycles. The summed E-state index contributed by atoms with van der Waals surface area (Å²) in [5, 5.41) is 12.6. The summed E-state index contributed by atoms with van der Waals surface area (Å²) in [6, 6.07) is 0.192. The number of carbonyl (C=O) groups is 1. The number of hydrogen-bond acceptors (Lipinski definition) is 3.